The summed E-state index contributed by atoms with van der Waals surface area (Å²) >= 11 is 0. The summed E-state index contributed by atoms with van der Waals surface area (Å²) in [5, 5.41) is 3.23. The van der Waals surface area contributed by atoms with Crippen molar-refractivity contribution < 1.29 is 13.2 Å². The normalized spacial score (nSPS) is 18.4. The second-order valence-electron chi connectivity index (χ2n) is 2.87. The Labute approximate surface area is 88.0 Å². The van der Waals surface area contributed by atoms with Crippen molar-refractivity contribution in [2.24, 2.45) is 5.11 Å². The van der Waals surface area contributed by atoms with Gasteiger partial charge in [0.2, 0.25) is 0 Å². The molecule has 0 unspecified atom stereocenters. The molecule has 0 aromatic rings. The van der Waals surface area contributed by atoms with Crippen molar-refractivity contribution in [2.45, 2.75) is 0 Å². The maximum absolute atomic E-state index is 11.6. The second-order valence-corrected chi connectivity index (χ2v) is 4.62. The SMILES string of the molecule is [N-]=[N+]=NCCNS(=O)(=O)N1CCOCC1. The number of azide groups is 1. The van der Waals surface area contributed by atoms with Gasteiger partial charge in [-0.25, -0.2) is 4.72 Å². The maximum Gasteiger partial charge on any atom is 0.279 e. The van der Waals surface area contributed by atoms with Crippen LogP contribution in [0.4, 0.5) is 0 Å². The monoisotopic (exact) mass is 235 g/mol. The number of hydrogen-bond donors (Lipinski definition) is 1. The highest BCUT2D eigenvalue weighted by molar-refractivity contribution is 7.87. The van der Waals surface area contributed by atoms with Gasteiger partial charge >= 0.3 is 0 Å². The molecule has 1 heterocycles. The maximum atomic E-state index is 11.6. The molecule has 15 heavy (non-hydrogen) atoms. The first-order valence-corrected chi connectivity index (χ1v) is 5.94. The summed E-state index contributed by atoms with van der Waals surface area (Å²) < 4.78 is 31.8. The molecule has 1 aliphatic rings. The van der Waals surface area contributed by atoms with Crippen LogP contribution in [0.25, 0.3) is 10.4 Å². The third-order valence-electron chi connectivity index (χ3n) is 1.87. The summed E-state index contributed by atoms with van der Waals surface area (Å²) in [5.41, 5.74) is 8.00. The van der Waals surface area contributed by atoms with Crippen LogP contribution in [0.15, 0.2) is 5.11 Å². The standard InChI is InChI=1S/C6H13N5O3S/c7-10-8-1-2-9-15(12,13)11-3-5-14-6-4-11/h9H,1-6H2. The van der Waals surface area contributed by atoms with E-state index >= 15 is 0 Å². The van der Waals surface area contributed by atoms with Crippen LogP contribution in [-0.2, 0) is 14.9 Å². The molecule has 1 rings (SSSR count). The first-order valence-electron chi connectivity index (χ1n) is 4.50. The lowest BCUT2D eigenvalue weighted by Gasteiger charge is -2.25. The van der Waals surface area contributed by atoms with Crippen LogP contribution in [0.5, 0.6) is 0 Å². The van der Waals surface area contributed by atoms with Crippen LogP contribution in [0.2, 0.25) is 0 Å². The van der Waals surface area contributed by atoms with E-state index in [1.54, 1.807) is 0 Å². The fraction of sp³-hybridized carbons (Fsp3) is 1.00. The quantitative estimate of drug-likeness (QED) is 0.299. The minimum absolute atomic E-state index is 0.111. The largest absolute Gasteiger partial charge is 0.379 e. The number of rotatable bonds is 5. The summed E-state index contributed by atoms with van der Waals surface area (Å²) in [6.07, 6.45) is 0. The fourth-order valence-corrected chi connectivity index (χ4v) is 2.31. The molecule has 0 aromatic heterocycles. The molecule has 1 N–H and O–H groups in total. The van der Waals surface area contributed by atoms with Crippen LogP contribution < -0.4 is 4.72 Å². The fourth-order valence-electron chi connectivity index (χ4n) is 1.15. The molecule has 1 aliphatic heterocycles. The Bertz CT molecular complexity index is 331. The zero-order valence-corrected chi connectivity index (χ0v) is 8.98. The summed E-state index contributed by atoms with van der Waals surface area (Å²) in [4.78, 5) is 2.52. The molecule has 0 spiro atoms. The molecule has 0 aliphatic carbocycles. The van der Waals surface area contributed by atoms with Crippen LogP contribution >= 0.6 is 0 Å². The Balaban J connectivity index is 2.39. The van der Waals surface area contributed by atoms with E-state index in [2.05, 4.69) is 14.7 Å². The van der Waals surface area contributed by atoms with Crippen molar-refractivity contribution in [3.63, 3.8) is 0 Å². The predicted molar refractivity (Wildman–Crippen MR) is 53.3 cm³/mol. The van der Waals surface area contributed by atoms with Crippen LogP contribution in [0, 0.1) is 0 Å². The van der Waals surface area contributed by atoms with E-state index in [4.69, 9.17) is 10.3 Å². The Hall–Kier alpha value is -0.860. The van der Waals surface area contributed by atoms with Gasteiger partial charge in [0.15, 0.2) is 0 Å². The van der Waals surface area contributed by atoms with Crippen LogP contribution in [0.3, 0.4) is 0 Å². The van der Waals surface area contributed by atoms with Gasteiger partial charge in [-0.2, -0.15) is 12.7 Å². The van der Waals surface area contributed by atoms with E-state index < -0.39 is 10.2 Å². The van der Waals surface area contributed by atoms with E-state index in [-0.39, 0.29) is 13.1 Å². The third-order valence-corrected chi connectivity index (χ3v) is 3.48. The number of nitrogens with zero attached hydrogens (tertiary/aromatic N) is 4. The Morgan fingerprint density at radius 3 is 2.73 bits per heavy atom. The molecule has 0 radical (unpaired) electrons. The van der Waals surface area contributed by atoms with Gasteiger partial charge in [-0.05, 0) is 5.53 Å². The van der Waals surface area contributed by atoms with E-state index in [0.29, 0.717) is 26.3 Å². The summed E-state index contributed by atoms with van der Waals surface area (Å²) in [6, 6.07) is 0. The lowest BCUT2D eigenvalue weighted by molar-refractivity contribution is 0.0725. The predicted octanol–water partition coefficient (Wildman–Crippen LogP) is -0.537. The third kappa shape index (κ3) is 4.02. The van der Waals surface area contributed by atoms with Crippen molar-refractivity contribution in [3.05, 3.63) is 10.4 Å². The molecule has 86 valence electrons. The Morgan fingerprint density at radius 1 is 1.47 bits per heavy atom. The van der Waals surface area contributed by atoms with Gasteiger partial charge in [-0.3, -0.25) is 0 Å². The second kappa shape index (κ2) is 5.89. The molecule has 0 amide bonds. The van der Waals surface area contributed by atoms with Crippen molar-refractivity contribution in [1.29, 1.82) is 0 Å². The summed E-state index contributed by atoms with van der Waals surface area (Å²) in [6.45, 7) is 1.77. The zero-order valence-electron chi connectivity index (χ0n) is 8.16. The van der Waals surface area contributed by atoms with Crippen molar-refractivity contribution in [3.8, 4) is 0 Å². The minimum atomic E-state index is -3.44. The van der Waals surface area contributed by atoms with Gasteiger partial charge in [0.25, 0.3) is 10.2 Å². The molecular weight excluding hydrogens is 222 g/mol. The molecule has 1 fully saturated rings. The zero-order chi connectivity index (χ0) is 11.1. The van der Waals surface area contributed by atoms with Gasteiger partial charge in [0.05, 0.1) is 13.2 Å². The van der Waals surface area contributed by atoms with Gasteiger partial charge in [-0.15, -0.1) is 0 Å². The van der Waals surface area contributed by atoms with E-state index in [1.807, 2.05) is 0 Å². The van der Waals surface area contributed by atoms with E-state index in [9.17, 15) is 8.42 Å². The number of nitrogens with one attached hydrogen (secondary N) is 1. The highest BCUT2D eigenvalue weighted by Gasteiger charge is 2.23. The molecule has 1 saturated heterocycles. The van der Waals surface area contributed by atoms with Crippen molar-refractivity contribution >= 4 is 10.2 Å². The molecule has 0 aromatic carbocycles. The summed E-state index contributed by atoms with van der Waals surface area (Å²) in [7, 11) is -3.44. The molecule has 8 nitrogen and oxygen atoms in total. The Morgan fingerprint density at radius 2 is 2.13 bits per heavy atom. The van der Waals surface area contributed by atoms with Crippen molar-refractivity contribution in [2.75, 3.05) is 39.4 Å². The van der Waals surface area contributed by atoms with E-state index in [0.717, 1.165) is 0 Å². The first-order chi connectivity index (χ1) is 7.17. The van der Waals surface area contributed by atoms with Crippen molar-refractivity contribution in [1.82, 2.24) is 9.03 Å². The lowest BCUT2D eigenvalue weighted by Crippen LogP contribution is -2.47. The molecular formula is C6H13N5O3S. The molecule has 0 bridgehead atoms. The Kier molecular flexibility index (Phi) is 4.79. The number of hydrogen-bond acceptors (Lipinski definition) is 4. The van der Waals surface area contributed by atoms with Crippen LogP contribution in [0.1, 0.15) is 0 Å². The van der Waals surface area contributed by atoms with E-state index in [1.165, 1.54) is 4.31 Å². The van der Waals surface area contributed by atoms with Gasteiger partial charge in [0, 0.05) is 31.1 Å². The smallest absolute Gasteiger partial charge is 0.279 e. The average Bonchev–Trinajstić information content (AvgIpc) is 2.26. The highest BCUT2D eigenvalue weighted by Crippen LogP contribution is 2.02. The molecule has 0 saturated carbocycles. The number of ether oxygens (including phenoxy) is 1. The van der Waals surface area contributed by atoms with Gasteiger partial charge in [-0.1, -0.05) is 5.11 Å². The molecule has 9 heteroatoms. The first kappa shape index (κ1) is 12.2. The van der Waals surface area contributed by atoms with Crippen LogP contribution in [-0.4, -0.2) is 52.1 Å². The molecule has 0 atom stereocenters. The highest BCUT2D eigenvalue weighted by atomic mass is 32.2. The lowest BCUT2D eigenvalue weighted by atomic mass is 10.5. The minimum Gasteiger partial charge on any atom is -0.379 e. The van der Waals surface area contributed by atoms with Gasteiger partial charge < -0.3 is 4.74 Å². The average molecular weight is 235 g/mol. The summed E-state index contributed by atoms with van der Waals surface area (Å²) in [5.74, 6) is 0. The van der Waals surface area contributed by atoms with Gasteiger partial charge in [0.1, 0.15) is 0 Å². The topological polar surface area (TPSA) is 107 Å². The number of morpholine rings is 1.